The average Bonchev–Trinajstić information content (AvgIpc) is 2.82. The molecule has 0 aromatic rings. The van der Waals surface area contributed by atoms with Gasteiger partial charge in [0, 0.05) is 19.8 Å². The van der Waals surface area contributed by atoms with Crippen LogP contribution in [0, 0.1) is 0 Å². The van der Waals surface area contributed by atoms with E-state index in [1.807, 2.05) is 0 Å². The molecule has 0 heterocycles. The summed E-state index contributed by atoms with van der Waals surface area (Å²) in [5.41, 5.74) is 0. The van der Waals surface area contributed by atoms with Crippen molar-refractivity contribution in [1.82, 2.24) is 4.90 Å². The van der Waals surface area contributed by atoms with E-state index in [-0.39, 0.29) is 6.10 Å². The highest BCUT2D eigenvalue weighted by Crippen LogP contribution is 2.13. The zero-order valence-electron chi connectivity index (χ0n) is 24.2. The van der Waals surface area contributed by atoms with Crippen molar-refractivity contribution in [1.29, 1.82) is 0 Å². The van der Waals surface area contributed by atoms with Crippen LogP contribution in [0.25, 0.3) is 0 Å². The van der Waals surface area contributed by atoms with Crippen molar-refractivity contribution < 1.29 is 9.47 Å². The van der Waals surface area contributed by atoms with Gasteiger partial charge in [0.1, 0.15) is 0 Å². The molecule has 0 aromatic heterocycles. The summed E-state index contributed by atoms with van der Waals surface area (Å²) in [6.07, 6.45) is 30.7. The third kappa shape index (κ3) is 28.1. The van der Waals surface area contributed by atoms with Gasteiger partial charge in [-0.3, -0.25) is 0 Å². The van der Waals surface area contributed by atoms with Crippen LogP contribution in [0.2, 0.25) is 0 Å². The van der Waals surface area contributed by atoms with Gasteiger partial charge in [-0.05, 0) is 26.9 Å². The lowest BCUT2D eigenvalue weighted by molar-refractivity contribution is -0.0287. The van der Waals surface area contributed by atoms with Crippen LogP contribution in [0.1, 0.15) is 155 Å². The predicted molar refractivity (Wildman–Crippen MR) is 152 cm³/mol. The molecule has 1 atom stereocenters. The maximum absolute atomic E-state index is 6.18. The maximum atomic E-state index is 6.18. The van der Waals surface area contributed by atoms with Gasteiger partial charge in [0.25, 0.3) is 0 Å². The van der Waals surface area contributed by atoms with Crippen molar-refractivity contribution >= 4 is 0 Å². The van der Waals surface area contributed by atoms with Crippen molar-refractivity contribution in [2.75, 3.05) is 40.5 Å². The van der Waals surface area contributed by atoms with Gasteiger partial charge in [-0.15, -0.1) is 0 Å². The lowest BCUT2D eigenvalue weighted by Crippen LogP contribution is -2.32. The first-order valence-corrected chi connectivity index (χ1v) is 15.5. The van der Waals surface area contributed by atoms with Crippen LogP contribution in [-0.4, -0.2) is 51.5 Å². The lowest BCUT2D eigenvalue weighted by atomic mass is 10.0. The fourth-order valence-corrected chi connectivity index (χ4v) is 4.66. The molecule has 0 aliphatic carbocycles. The zero-order chi connectivity index (χ0) is 25.0. The second-order valence-electron chi connectivity index (χ2n) is 10.9. The van der Waals surface area contributed by atoms with E-state index in [9.17, 15) is 0 Å². The Balaban J connectivity index is 3.48. The van der Waals surface area contributed by atoms with E-state index in [2.05, 4.69) is 32.8 Å². The summed E-state index contributed by atoms with van der Waals surface area (Å²) in [5, 5.41) is 0. The quantitative estimate of drug-likeness (QED) is 0.0988. The molecule has 0 bridgehead atoms. The number of likely N-dealkylation sites (N-methyl/N-ethyl adjacent to an activating group) is 1. The molecule has 3 nitrogen and oxygen atoms in total. The van der Waals surface area contributed by atoms with Gasteiger partial charge in [-0.1, -0.05) is 142 Å². The smallest absolute Gasteiger partial charge is 0.0934 e. The van der Waals surface area contributed by atoms with E-state index in [0.29, 0.717) is 0 Å². The number of nitrogens with zero attached hydrogens (tertiary/aromatic N) is 1. The van der Waals surface area contributed by atoms with Gasteiger partial charge in [0.05, 0.1) is 12.7 Å². The van der Waals surface area contributed by atoms with Gasteiger partial charge in [0.15, 0.2) is 0 Å². The molecule has 0 aliphatic heterocycles. The number of rotatable bonds is 29. The Morgan fingerprint density at radius 3 is 1.21 bits per heavy atom. The second kappa shape index (κ2) is 29.1. The van der Waals surface area contributed by atoms with Gasteiger partial charge >= 0.3 is 0 Å². The standard InChI is InChI=1S/C31H65NO2/c1-5-7-9-11-13-15-16-17-18-19-20-22-24-26-28-34-31(29-32(3)4)30-33-27-25-23-21-14-12-10-8-6-2/h31H,5-30H2,1-4H3. The molecule has 3 heteroatoms. The molecule has 0 aromatic carbocycles. The van der Waals surface area contributed by atoms with E-state index in [1.165, 1.54) is 141 Å². The normalized spacial score (nSPS) is 12.6. The summed E-state index contributed by atoms with van der Waals surface area (Å²) in [5.74, 6) is 0. The molecule has 0 rings (SSSR count). The van der Waals surface area contributed by atoms with Crippen molar-refractivity contribution in [3.63, 3.8) is 0 Å². The van der Waals surface area contributed by atoms with Gasteiger partial charge < -0.3 is 14.4 Å². The van der Waals surface area contributed by atoms with E-state index in [4.69, 9.17) is 9.47 Å². The van der Waals surface area contributed by atoms with Crippen LogP contribution in [0.5, 0.6) is 0 Å². The Labute approximate surface area is 216 Å². The molecule has 206 valence electrons. The third-order valence-electron chi connectivity index (χ3n) is 6.87. The first kappa shape index (κ1) is 33.9. The number of hydrogen-bond donors (Lipinski definition) is 0. The SMILES string of the molecule is CCCCCCCCCCCCCCCCOC(COCCCCCCCCCC)CN(C)C. The molecule has 0 fully saturated rings. The van der Waals surface area contributed by atoms with Crippen LogP contribution >= 0.6 is 0 Å². The van der Waals surface area contributed by atoms with E-state index in [1.54, 1.807) is 0 Å². The minimum absolute atomic E-state index is 0.214. The highest BCUT2D eigenvalue weighted by atomic mass is 16.5. The topological polar surface area (TPSA) is 21.7 Å². The first-order chi connectivity index (χ1) is 16.7. The molecular formula is C31H65NO2. The van der Waals surface area contributed by atoms with Crippen LogP contribution < -0.4 is 0 Å². The van der Waals surface area contributed by atoms with Crippen molar-refractivity contribution in [3.05, 3.63) is 0 Å². The van der Waals surface area contributed by atoms with Gasteiger partial charge in [-0.25, -0.2) is 0 Å². The van der Waals surface area contributed by atoms with Crippen LogP contribution in [0.15, 0.2) is 0 Å². The fourth-order valence-electron chi connectivity index (χ4n) is 4.66. The summed E-state index contributed by atoms with van der Waals surface area (Å²) in [6, 6.07) is 0. The summed E-state index contributed by atoms with van der Waals surface area (Å²) in [4.78, 5) is 2.22. The highest BCUT2D eigenvalue weighted by Gasteiger charge is 2.10. The molecule has 34 heavy (non-hydrogen) atoms. The number of hydrogen-bond acceptors (Lipinski definition) is 3. The Bertz CT molecular complexity index is 361. The van der Waals surface area contributed by atoms with Crippen molar-refractivity contribution in [3.8, 4) is 0 Å². The van der Waals surface area contributed by atoms with Crippen LogP contribution in [-0.2, 0) is 9.47 Å². The largest absolute Gasteiger partial charge is 0.379 e. The Kier molecular flexibility index (Phi) is 29.0. The molecule has 0 radical (unpaired) electrons. The fraction of sp³-hybridized carbons (Fsp3) is 1.00. The predicted octanol–water partition coefficient (Wildman–Crippen LogP) is 9.57. The number of ether oxygens (including phenoxy) is 2. The van der Waals surface area contributed by atoms with E-state index < -0.39 is 0 Å². The van der Waals surface area contributed by atoms with Crippen molar-refractivity contribution in [2.45, 2.75) is 161 Å². The second-order valence-corrected chi connectivity index (χ2v) is 10.9. The molecule has 0 amide bonds. The molecule has 0 saturated carbocycles. The van der Waals surface area contributed by atoms with Crippen LogP contribution in [0.3, 0.4) is 0 Å². The minimum atomic E-state index is 0.214. The molecule has 0 saturated heterocycles. The average molecular weight is 484 g/mol. The first-order valence-electron chi connectivity index (χ1n) is 15.5. The summed E-state index contributed by atoms with van der Waals surface area (Å²) < 4.78 is 12.1. The molecule has 1 unspecified atom stereocenters. The Morgan fingerprint density at radius 2 is 0.824 bits per heavy atom. The van der Waals surface area contributed by atoms with Gasteiger partial charge in [-0.2, -0.15) is 0 Å². The molecular weight excluding hydrogens is 418 g/mol. The number of unbranched alkanes of at least 4 members (excludes halogenated alkanes) is 20. The maximum Gasteiger partial charge on any atom is 0.0934 e. The summed E-state index contributed by atoms with van der Waals surface area (Å²) in [6.45, 7) is 8.05. The van der Waals surface area contributed by atoms with E-state index >= 15 is 0 Å². The van der Waals surface area contributed by atoms with Crippen molar-refractivity contribution in [2.24, 2.45) is 0 Å². The summed E-state index contributed by atoms with van der Waals surface area (Å²) >= 11 is 0. The summed E-state index contributed by atoms with van der Waals surface area (Å²) in [7, 11) is 4.25. The lowest BCUT2D eigenvalue weighted by Gasteiger charge is -2.21. The highest BCUT2D eigenvalue weighted by molar-refractivity contribution is 4.61. The minimum Gasteiger partial charge on any atom is -0.379 e. The Morgan fingerprint density at radius 1 is 0.471 bits per heavy atom. The Hall–Kier alpha value is -0.120. The molecule has 0 N–H and O–H groups in total. The van der Waals surface area contributed by atoms with Gasteiger partial charge in [0.2, 0.25) is 0 Å². The van der Waals surface area contributed by atoms with Crippen LogP contribution in [0.4, 0.5) is 0 Å². The zero-order valence-corrected chi connectivity index (χ0v) is 24.2. The van der Waals surface area contributed by atoms with E-state index in [0.717, 1.165) is 26.4 Å². The monoisotopic (exact) mass is 484 g/mol. The molecule has 0 spiro atoms. The molecule has 0 aliphatic rings. The third-order valence-corrected chi connectivity index (χ3v) is 6.87.